The Kier molecular flexibility index (Phi) is 4.10. The number of aliphatic hydroxyl groups is 1. The van der Waals surface area contributed by atoms with E-state index in [-0.39, 0.29) is 12.2 Å². The van der Waals surface area contributed by atoms with Crippen LogP contribution in [0.3, 0.4) is 0 Å². The zero-order valence-corrected chi connectivity index (χ0v) is 11.4. The largest absolute Gasteiger partial charge is 0.381 e. The van der Waals surface area contributed by atoms with Gasteiger partial charge in [-0.3, -0.25) is 4.79 Å². The molecule has 2 aromatic rings. The van der Waals surface area contributed by atoms with Gasteiger partial charge in [0.15, 0.2) is 5.78 Å². The minimum Gasteiger partial charge on any atom is -0.381 e. The Morgan fingerprint density at radius 1 is 1.35 bits per heavy atom. The lowest BCUT2D eigenvalue weighted by atomic mass is 10.0. The molecule has 17 heavy (non-hydrogen) atoms. The molecule has 0 fully saturated rings. The topological polar surface area (TPSA) is 37.3 Å². The lowest BCUT2D eigenvalue weighted by Crippen LogP contribution is -2.13. The van der Waals surface area contributed by atoms with Crippen molar-refractivity contribution in [2.45, 2.75) is 12.5 Å². The van der Waals surface area contributed by atoms with Crippen molar-refractivity contribution in [3.63, 3.8) is 0 Å². The summed E-state index contributed by atoms with van der Waals surface area (Å²) in [5, 5.41) is 11.8. The Morgan fingerprint density at radius 2 is 2.06 bits per heavy atom. The van der Waals surface area contributed by atoms with Gasteiger partial charge in [-0.25, -0.2) is 0 Å². The molecule has 1 heterocycles. The zero-order valence-electron chi connectivity index (χ0n) is 8.97. The standard InChI is InChI=1S/C13H11BrO2S/c14-10-6-11(17-8-10)7-12(15)13(16)9-4-2-1-3-5-9/h1-6,8,13,16H,7H2. The Labute approximate surface area is 112 Å². The normalized spacial score (nSPS) is 12.4. The molecule has 88 valence electrons. The third kappa shape index (κ3) is 3.25. The van der Waals surface area contributed by atoms with Crippen LogP contribution in [-0.2, 0) is 11.2 Å². The minimum atomic E-state index is -1.03. The van der Waals surface area contributed by atoms with Crippen molar-refractivity contribution in [1.82, 2.24) is 0 Å². The predicted molar refractivity (Wildman–Crippen MR) is 72.1 cm³/mol. The summed E-state index contributed by atoms with van der Waals surface area (Å²) in [7, 11) is 0. The summed E-state index contributed by atoms with van der Waals surface area (Å²) in [6.07, 6.45) is -0.760. The van der Waals surface area contributed by atoms with Gasteiger partial charge in [0.2, 0.25) is 0 Å². The van der Waals surface area contributed by atoms with Gasteiger partial charge < -0.3 is 5.11 Å². The molecule has 1 aromatic heterocycles. The second-order valence-electron chi connectivity index (χ2n) is 3.69. The van der Waals surface area contributed by atoms with Crippen LogP contribution >= 0.6 is 27.3 Å². The monoisotopic (exact) mass is 310 g/mol. The number of aliphatic hydroxyl groups excluding tert-OH is 1. The second kappa shape index (κ2) is 5.58. The maximum absolute atomic E-state index is 11.9. The molecule has 0 radical (unpaired) electrons. The van der Waals surface area contributed by atoms with E-state index in [9.17, 15) is 9.90 Å². The number of hydrogen-bond acceptors (Lipinski definition) is 3. The van der Waals surface area contributed by atoms with E-state index < -0.39 is 6.10 Å². The second-order valence-corrected chi connectivity index (χ2v) is 5.60. The summed E-state index contributed by atoms with van der Waals surface area (Å²) >= 11 is 4.85. The van der Waals surface area contributed by atoms with E-state index in [1.165, 1.54) is 11.3 Å². The van der Waals surface area contributed by atoms with Crippen molar-refractivity contribution < 1.29 is 9.90 Å². The molecule has 0 aliphatic carbocycles. The SMILES string of the molecule is O=C(Cc1cc(Br)cs1)C(O)c1ccccc1. The van der Waals surface area contributed by atoms with Crippen molar-refractivity contribution >= 4 is 33.0 Å². The smallest absolute Gasteiger partial charge is 0.170 e. The van der Waals surface area contributed by atoms with Crippen molar-refractivity contribution in [3.05, 3.63) is 56.7 Å². The number of ketones is 1. The Hall–Kier alpha value is -0.970. The van der Waals surface area contributed by atoms with Gasteiger partial charge in [-0.1, -0.05) is 30.3 Å². The molecule has 0 saturated heterocycles. The molecule has 0 bridgehead atoms. The number of halogens is 1. The quantitative estimate of drug-likeness (QED) is 0.940. The van der Waals surface area contributed by atoms with E-state index in [0.717, 1.165) is 9.35 Å². The van der Waals surface area contributed by atoms with Crippen LogP contribution < -0.4 is 0 Å². The van der Waals surface area contributed by atoms with E-state index in [2.05, 4.69) is 15.9 Å². The van der Waals surface area contributed by atoms with E-state index >= 15 is 0 Å². The number of benzene rings is 1. The van der Waals surface area contributed by atoms with Crippen LogP contribution in [0.5, 0.6) is 0 Å². The molecule has 0 spiro atoms. The molecule has 1 unspecified atom stereocenters. The summed E-state index contributed by atoms with van der Waals surface area (Å²) in [5.74, 6) is -0.175. The predicted octanol–water partition coefficient (Wildman–Crippen LogP) is 3.36. The number of hydrogen-bond donors (Lipinski definition) is 1. The fourth-order valence-electron chi connectivity index (χ4n) is 1.54. The lowest BCUT2D eigenvalue weighted by molar-refractivity contribution is -0.126. The van der Waals surface area contributed by atoms with Gasteiger partial charge in [0, 0.05) is 21.2 Å². The van der Waals surface area contributed by atoms with E-state index in [1.807, 2.05) is 29.6 Å². The van der Waals surface area contributed by atoms with Crippen molar-refractivity contribution in [3.8, 4) is 0 Å². The average molecular weight is 311 g/mol. The first-order valence-corrected chi connectivity index (χ1v) is 6.82. The molecule has 0 saturated carbocycles. The third-order valence-electron chi connectivity index (χ3n) is 2.39. The van der Waals surface area contributed by atoms with Crippen LogP contribution in [0.1, 0.15) is 16.5 Å². The molecular weight excluding hydrogens is 300 g/mol. The highest BCUT2D eigenvalue weighted by atomic mass is 79.9. The van der Waals surface area contributed by atoms with Crippen molar-refractivity contribution in [2.24, 2.45) is 0 Å². The molecule has 2 nitrogen and oxygen atoms in total. The van der Waals surface area contributed by atoms with Crippen LogP contribution in [0.2, 0.25) is 0 Å². The third-order valence-corrected chi connectivity index (χ3v) is 4.09. The molecule has 1 atom stereocenters. The van der Waals surface area contributed by atoms with Crippen LogP contribution in [0.25, 0.3) is 0 Å². The van der Waals surface area contributed by atoms with E-state index in [1.54, 1.807) is 12.1 Å². The highest BCUT2D eigenvalue weighted by Gasteiger charge is 2.17. The van der Waals surface area contributed by atoms with Crippen molar-refractivity contribution in [2.75, 3.05) is 0 Å². The Bertz CT molecular complexity index is 507. The Balaban J connectivity index is 2.06. The van der Waals surface area contributed by atoms with Gasteiger partial charge >= 0.3 is 0 Å². The van der Waals surface area contributed by atoms with Gasteiger partial charge in [0.1, 0.15) is 6.10 Å². The van der Waals surface area contributed by atoms with Gasteiger partial charge in [0.25, 0.3) is 0 Å². The summed E-state index contributed by atoms with van der Waals surface area (Å²) in [4.78, 5) is 12.8. The molecule has 4 heteroatoms. The van der Waals surface area contributed by atoms with Gasteiger partial charge in [-0.15, -0.1) is 11.3 Å². The van der Waals surface area contributed by atoms with Gasteiger partial charge in [0.05, 0.1) is 0 Å². The minimum absolute atomic E-state index is 0.175. The van der Waals surface area contributed by atoms with E-state index in [0.29, 0.717) is 5.56 Å². The van der Waals surface area contributed by atoms with E-state index in [4.69, 9.17) is 0 Å². The fourth-order valence-corrected chi connectivity index (χ4v) is 3.00. The summed E-state index contributed by atoms with van der Waals surface area (Å²) < 4.78 is 0.972. The molecule has 2 rings (SSSR count). The number of carbonyl (C=O) groups excluding carboxylic acids is 1. The number of Topliss-reactive ketones (excluding diaryl/α,β-unsaturated/α-hetero) is 1. The summed E-state index contributed by atoms with van der Waals surface area (Å²) in [5.41, 5.74) is 0.646. The lowest BCUT2D eigenvalue weighted by Gasteiger charge is -2.08. The van der Waals surface area contributed by atoms with Gasteiger partial charge in [-0.05, 0) is 27.6 Å². The fraction of sp³-hybridized carbons (Fsp3) is 0.154. The molecule has 1 aromatic carbocycles. The van der Waals surface area contributed by atoms with Crippen molar-refractivity contribution in [1.29, 1.82) is 0 Å². The zero-order chi connectivity index (χ0) is 12.3. The number of rotatable bonds is 4. The van der Waals surface area contributed by atoms with Crippen LogP contribution in [0.4, 0.5) is 0 Å². The first kappa shape index (κ1) is 12.5. The number of carbonyl (C=O) groups is 1. The molecule has 0 amide bonds. The summed E-state index contributed by atoms with van der Waals surface area (Å²) in [6.45, 7) is 0. The highest BCUT2D eigenvalue weighted by molar-refractivity contribution is 9.10. The Morgan fingerprint density at radius 3 is 2.65 bits per heavy atom. The maximum Gasteiger partial charge on any atom is 0.170 e. The molecule has 0 aliphatic rings. The maximum atomic E-state index is 11.9. The highest BCUT2D eigenvalue weighted by Crippen LogP contribution is 2.22. The molecule has 0 aliphatic heterocycles. The summed E-state index contributed by atoms with van der Waals surface area (Å²) in [6, 6.07) is 10.9. The first-order valence-electron chi connectivity index (χ1n) is 5.15. The van der Waals surface area contributed by atoms with Crippen LogP contribution in [0, 0.1) is 0 Å². The van der Waals surface area contributed by atoms with Gasteiger partial charge in [-0.2, -0.15) is 0 Å². The first-order chi connectivity index (χ1) is 8.16. The average Bonchev–Trinajstić information content (AvgIpc) is 2.75. The van der Waals surface area contributed by atoms with Crippen LogP contribution in [-0.4, -0.2) is 10.9 Å². The number of thiophene rings is 1. The molecule has 1 N–H and O–H groups in total. The molecular formula is C13H11BrO2S. The van der Waals surface area contributed by atoms with Crippen LogP contribution in [0.15, 0.2) is 46.3 Å².